The Balaban J connectivity index is 2.71. The molecule has 64 valence electrons. The number of aromatic nitrogens is 3. The van der Waals surface area contributed by atoms with E-state index >= 15 is 0 Å². The van der Waals surface area contributed by atoms with Gasteiger partial charge in [0.2, 0.25) is 0 Å². The first kappa shape index (κ1) is 7.12. The van der Waals surface area contributed by atoms with E-state index in [0.717, 1.165) is 26.5 Å². The summed E-state index contributed by atoms with van der Waals surface area (Å²) in [5, 5.41) is 0. The molecule has 0 aliphatic heterocycles. The van der Waals surface area contributed by atoms with Crippen LogP contribution in [0.4, 0.5) is 0 Å². The monoisotopic (exact) mass is 239 g/mol. The molecule has 0 saturated heterocycles. The van der Waals surface area contributed by atoms with Crippen LogP contribution in [0, 0.1) is 4.32 Å². The van der Waals surface area contributed by atoms with Crippen molar-refractivity contribution in [2.24, 2.45) is 0 Å². The molecule has 0 radical (unpaired) electrons. The summed E-state index contributed by atoms with van der Waals surface area (Å²) in [6.07, 6.45) is 3.42. The Morgan fingerprint density at radius 3 is 3.23 bits per heavy atom. The molecule has 0 aliphatic carbocycles. The molecule has 3 aromatic heterocycles. The number of nitrogens with zero attached hydrogens (tertiary/aromatic N) is 1. The predicted molar refractivity (Wildman–Crippen MR) is 49.2 cm³/mol. The molecule has 0 atom stereocenters. The van der Waals surface area contributed by atoms with Crippen molar-refractivity contribution < 1.29 is 4.42 Å². The number of rotatable bonds is 0. The van der Waals surface area contributed by atoms with Crippen LogP contribution in [-0.4, -0.2) is 30.5 Å². The van der Waals surface area contributed by atoms with Crippen molar-refractivity contribution in [2.75, 3.05) is 0 Å². The number of furan rings is 1. The number of pyridine rings is 1. The van der Waals surface area contributed by atoms with E-state index in [1.165, 1.54) is 0 Å². The molecule has 0 saturated carbocycles. The Morgan fingerprint density at radius 2 is 2.31 bits per heavy atom. The molecule has 0 unspecified atom stereocenters. The van der Waals surface area contributed by atoms with Gasteiger partial charge in [-0.25, -0.2) is 0 Å². The Kier molecular flexibility index (Phi) is 1.28. The van der Waals surface area contributed by atoms with Gasteiger partial charge in [-0.3, -0.25) is 0 Å². The zero-order valence-electron chi connectivity index (χ0n) is 6.50. The molecule has 3 aromatic rings. The molecule has 3 heterocycles. The maximum atomic E-state index is 5.32. The van der Waals surface area contributed by atoms with E-state index in [1.807, 2.05) is 6.07 Å². The molecular weight excluding hydrogens is 233 g/mol. The number of hydrogen-bond acceptors (Lipinski definition) is 2. The van der Waals surface area contributed by atoms with E-state index in [2.05, 4.69) is 30.5 Å². The van der Waals surface area contributed by atoms with E-state index in [0.29, 0.717) is 0 Å². The Hall–Kier alpha value is -1.32. The summed E-state index contributed by atoms with van der Waals surface area (Å²) < 4.78 is 6.19. The van der Waals surface area contributed by atoms with Crippen LogP contribution in [0.15, 0.2) is 22.9 Å². The van der Waals surface area contributed by atoms with E-state index in [1.54, 1.807) is 12.5 Å². The van der Waals surface area contributed by atoms with Crippen molar-refractivity contribution in [2.45, 2.75) is 0 Å². The Labute approximate surface area is 80.3 Å². The summed E-state index contributed by atoms with van der Waals surface area (Å²) in [5.41, 5.74) is 3.54. The van der Waals surface area contributed by atoms with Crippen molar-refractivity contribution >= 4 is 37.7 Å². The summed E-state index contributed by atoms with van der Waals surface area (Å²) in [4.78, 5) is 10.5. The third kappa shape index (κ3) is 0.913. The molecule has 0 aromatic carbocycles. The fraction of sp³-hybridized carbons (Fsp3) is 0. The number of imidazole rings is 1. The molecule has 3 rings (SSSR count). The normalized spacial score (nSPS) is 11.4. The van der Waals surface area contributed by atoms with Gasteiger partial charge in [-0.2, -0.15) is 0 Å². The van der Waals surface area contributed by atoms with Crippen LogP contribution in [0.3, 0.4) is 0 Å². The van der Waals surface area contributed by atoms with Crippen LogP contribution in [0.25, 0.3) is 22.1 Å². The van der Waals surface area contributed by atoms with Gasteiger partial charge in [0.05, 0.1) is 0 Å². The number of aromatic amines is 2. The standard InChI is InChI=1S/C8H5N3OSe/c13-8-10-5-3-9-4-1-2-12-7(4)6(5)11-8/h1-3H,(H2,10,11,13). The summed E-state index contributed by atoms with van der Waals surface area (Å²) in [7, 11) is 0. The van der Waals surface area contributed by atoms with Gasteiger partial charge in [0.25, 0.3) is 0 Å². The van der Waals surface area contributed by atoms with Crippen LogP contribution in [-0.2, 0) is 0 Å². The predicted octanol–water partition coefficient (Wildman–Crippen LogP) is 1.34. The van der Waals surface area contributed by atoms with Crippen LogP contribution in [0.5, 0.6) is 0 Å². The number of hydrogen-bond donors (Lipinski definition) is 2. The molecule has 0 spiro atoms. The topological polar surface area (TPSA) is 57.6 Å². The molecular formula is C8H5N3OSe. The quantitative estimate of drug-likeness (QED) is 0.580. The van der Waals surface area contributed by atoms with Crippen LogP contribution in [0.2, 0.25) is 0 Å². The number of H-pyrrole nitrogens is 2. The van der Waals surface area contributed by atoms with Gasteiger partial charge in [0.15, 0.2) is 0 Å². The van der Waals surface area contributed by atoms with E-state index in [-0.39, 0.29) is 0 Å². The van der Waals surface area contributed by atoms with Crippen LogP contribution >= 0.6 is 0 Å². The second kappa shape index (κ2) is 2.34. The number of fused-ring (bicyclic) bond motifs is 3. The van der Waals surface area contributed by atoms with Gasteiger partial charge < -0.3 is 0 Å². The summed E-state index contributed by atoms with van der Waals surface area (Å²) in [5.74, 6) is 0. The molecule has 0 bridgehead atoms. The fourth-order valence-electron chi connectivity index (χ4n) is 1.40. The maximum absolute atomic E-state index is 5.32. The zero-order chi connectivity index (χ0) is 8.84. The molecule has 0 aliphatic rings. The zero-order valence-corrected chi connectivity index (χ0v) is 8.21. The summed E-state index contributed by atoms with van der Waals surface area (Å²) >= 11 is 2.87. The van der Waals surface area contributed by atoms with Crippen molar-refractivity contribution in [3.8, 4) is 0 Å². The number of nitrogens with one attached hydrogen (secondary N) is 2. The average molecular weight is 238 g/mol. The van der Waals surface area contributed by atoms with Gasteiger partial charge in [-0.15, -0.1) is 0 Å². The van der Waals surface area contributed by atoms with E-state index in [9.17, 15) is 0 Å². The van der Waals surface area contributed by atoms with Gasteiger partial charge in [0, 0.05) is 0 Å². The van der Waals surface area contributed by atoms with Crippen molar-refractivity contribution in [1.82, 2.24) is 15.0 Å². The third-order valence-corrected chi connectivity index (χ3v) is 2.39. The fourth-order valence-corrected chi connectivity index (χ4v) is 1.84. The van der Waals surface area contributed by atoms with Crippen LogP contribution in [0.1, 0.15) is 0 Å². The molecule has 0 amide bonds. The van der Waals surface area contributed by atoms with Crippen molar-refractivity contribution in [1.29, 1.82) is 0 Å². The average Bonchev–Trinajstić information content (AvgIpc) is 2.65. The summed E-state index contributed by atoms with van der Waals surface area (Å²) in [6.45, 7) is 0. The Morgan fingerprint density at radius 1 is 1.38 bits per heavy atom. The minimum atomic E-state index is 0.787. The van der Waals surface area contributed by atoms with Gasteiger partial charge in [-0.05, 0) is 0 Å². The second-order valence-electron chi connectivity index (χ2n) is 2.76. The molecule has 5 heteroatoms. The summed E-state index contributed by atoms with van der Waals surface area (Å²) in [6, 6.07) is 1.84. The van der Waals surface area contributed by atoms with Crippen molar-refractivity contribution in [3.05, 3.63) is 22.9 Å². The van der Waals surface area contributed by atoms with Gasteiger partial charge in [0.1, 0.15) is 0 Å². The van der Waals surface area contributed by atoms with E-state index < -0.39 is 0 Å². The Bertz CT molecular complexity index is 633. The molecule has 2 N–H and O–H groups in total. The second-order valence-corrected chi connectivity index (χ2v) is 3.62. The molecule has 13 heavy (non-hydrogen) atoms. The van der Waals surface area contributed by atoms with Crippen LogP contribution < -0.4 is 0 Å². The first-order valence-electron chi connectivity index (χ1n) is 3.79. The minimum absolute atomic E-state index is 0.787. The first-order valence-corrected chi connectivity index (χ1v) is 4.64. The third-order valence-electron chi connectivity index (χ3n) is 1.96. The van der Waals surface area contributed by atoms with E-state index in [4.69, 9.17) is 4.42 Å². The molecule has 4 nitrogen and oxygen atoms in total. The van der Waals surface area contributed by atoms with Gasteiger partial charge in [-0.1, -0.05) is 0 Å². The van der Waals surface area contributed by atoms with Gasteiger partial charge >= 0.3 is 79.9 Å². The molecule has 0 fully saturated rings. The first-order chi connectivity index (χ1) is 6.34. The SMILES string of the molecule is [Se]=c1[nH]c2cnc3ccoc3c2[nH]1. The van der Waals surface area contributed by atoms with Crippen molar-refractivity contribution in [3.63, 3.8) is 0 Å².